The molecule has 0 atom stereocenters. The molecule has 0 spiro atoms. The Morgan fingerprint density at radius 3 is 2.44 bits per heavy atom. The third-order valence-corrected chi connectivity index (χ3v) is 4.55. The molecule has 0 radical (unpaired) electrons. The molecule has 0 aliphatic heterocycles. The van der Waals surface area contributed by atoms with Crippen LogP contribution in [-0.4, -0.2) is 30.2 Å². The van der Waals surface area contributed by atoms with Crippen LogP contribution in [0.5, 0.6) is 23.0 Å². The predicted octanol–water partition coefficient (Wildman–Crippen LogP) is 5.23. The SMILES string of the molecule is COc1cc(/C=C\c2cccc(N/C=C\C(=O)c3ccc(O)c(F)c3)c2)cc(O)c1OC. The lowest BCUT2D eigenvalue weighted by Gasteiger charge is -2.10. The van der Waals surface area contributed by atoms with Crippen molar-refractivity contribution >= 4 is 23.6 Å². The van der Waals surface area contributed by atoms with Crippen LogP contribution in [0.1, 0.15) is 21.5 Å². The summed E-state index contributed by atoms with van der Waals surface area (Å²) in [6, 6.07) is 14.2. The molecular weight excluding hydrogens is 413 g/mol. The van der Waals surface area contributed by atoms with E-state index >= 15 is 0 Å². The maximum atomic E-state index is 13.4. The summed E-state index contributed by atoms with van der Waals surface area (Å²) in [5.41, 5.74) is 2.48. The molecule has 3 aromatic rings. The highest BCUT2D eigenvalue weighted by Crippen LogP contribution is 2.37. The number of benzene rings is 3. The first-order valence-corrected chi connectivity index (χ1v) is 9.60. The molecule has 32 heavy (non-hydrogen) atoms. The summed E-state index contributed by atoms with van der Waals surface area (Å²) >= 11 is 0. The minimum absolute atomic E-state index is 0.0229. The van der Waals surface area contributed by atoms with Crippen LogP contribution in [0, 0.1) is 5.82 Å². The Balaban J connectivity index is 1.69. The number of anilines is 1. The van der Waals surface area contributed by atoms with Crippen LogP contribution in [-0.2, 0) is 0 Å². The van der Waals surface area contributed by atoms with Crippen LogP contribution in [0.4, 0.5) is 10.1 Å². The lowest BCUT2D eigenvalue weighted by molar-refractivity contribution is 0.104. The molecular formula is C25H22FNO5. The summed E-state index contributed by atoms with van der Waals surface area (Å²) in [5, 5.41) is 22.3. The predicted molar refractivity (Wildman–Crippen MR) is 122 cm³/mol. The molecule has 3 rings (SSSR count). The van der Waals surface area contributed by atoms with E-state index in [0.717, 1.165) is 28.9 Å². The molecule has 0 aliphatic rings. The number of phenols is 2. The van der Waals surface area contributed by atoms with E-state index < -0.39 is 17.3 Å². The lowest BCUT2D eigenvalue weighted by Crippen LogP contribution is -1.97. The monoisotopic (exact) mass is 435 g/mol. The number of ether oxygens (including phenoxy) is 2. The molecule has 6 nitrogen and oxygen atoms in total. The van der Waals surface area contributed by atoms with Crippen molar-refractivity contribution in [1.29, 1.82) is 0 Å². The van der Waals surface area contributed by atoms with Crippen LogP contribution in [0.25, 0.3) is 12.2 Å². The highest BCUT2D eigenvalue weighted by molar-refractivity contribution is 6.04. The zero-order valence-corrected chi connectivity index (χ0v) is 17.5. The summed E-state index contributed by atoms with van der Waals surface area (Å²) in [4.78, 5) is 12.1. The van der Waals surface area contributed by atoms with Gasteiger partial charge in [-0.2, -0.15) is 0 Å². The normalized spacial score (nSPS) is 11.1. The number of hydrogen-bond acceptors (Lipinski definition) is 6. The second-order valence-electron chi connectivity index (χ2n) is 6.74. The largest absolute Gasteiger partial charge is 0.505 e. The van der Waals surface area contributed by atoms with Gasteiger partial charge in [0, 0.05) is 23.5 Å². The van der Waals surface area contributed by atoms with Gasteiger partial charge in [-0.1, -0.05) is 24.3 Å². The van der Waals surface area contributed by atoms with E-state index in [-0.39, 0.29) is 17.1 Å². The second-order valence-corrected chi connectivity index (χ2v) is 6.74. The fourth-order valence-electron chi connectivity index (χ4n) is 2.96. The maximum absolute atomic E-state index is 13.4. The number of methoxy groups -OCH3 is 2. The average Bonchev–Trinajstić information content (AvgIpc) is 2.79. The number of hydrogen-bond donors (Lipinski definition) is 3. The summed E-state index contributed by atoms with van der Waals surface area (Å²) < 4.78 is 23.8. The molecule has 3 N–H and O–H groups in total. The average molecular weight is 435 g/mol. The zero-order valence-electron chi connectivity index (χ0n) is 17.5. The Hall–Kier alpha value is -4.26. The first-order valence-electron chi connectivity index (χ1n) is 9.60. The van der Waals surface area contributed by atoms with Crippen LogP contribution >= 0.6 is 0 Å². The van der Waals surface area contributed by atoms with Crippen LogP contribution in [0.3, 0.4) is 0 Å². The van der Waals surface area contributed by atoms with Crippen molar-refractivity contribution in [2.45, 2.75) is 0 Å². The Bertz CT molecular complexity index is 1190. The number of phenolic OH excluding ortho intramolecular Hbond substituents is 2. The second kappa shape index (κ2) is 10.2. The topological polar surface area (TPSA) is 88.0 Å². The standard InChI is InChI=1S/C25H22FNO5/c1-31-24-14-17(13-23(30)25(24)32-2)7-6-16-4-3-5-19(12-16)27-11-10-21(28)18-8-9-22(29)20(26)15-18/h3-15,27,29-30H,1-2H3/b7-6-,11-10-. The number of carbonyl (C=O) groups is 1. The van der Waals surface area contributed by atoms with Crippen molar-refractivity contribution in [1.82, 2.24) is 0 Å². The highest BCUT2D eigenvalue weighted by atomic mass is 19.1. The van der Waals surface area contributed by atoms with Crippen LogP contribution in [0.2, 0.25) is 0 Å². The molecule has 0 fully saturated rings. The summed E-state index contributed by atoms with van der Waals surface area (Å²) in [6.45, 7) is 0. The van der Waals surface area contributed by atoms with Crippen molar-refractivity contribution in [2.75, 3.05) is 19.5 Å². The molecule has 0 unspecified atom stereocenters. The molecule has 0 bridgehead atoms. The first-order chi connectivity index (χ1) is 15.4. The number of halogens is 1. The zero-order chi connectivity index (χ0) is 23.1. The van der Waals surface area contributed by atoms with E-state index in [4.69, 9.17) is 9.47 Å². The molecule has 0 heterocycles. The van der Waals surface area contributed by atoms with E-state index in [1.54, 1.807) is 12.1 Å². The Morgan fingerprint density at radius 2 is 1.72 bits per heavy atom. The van der Waals surface area contributed by atoms with Crippen molar-refractivity contribution in [3.8, 4) is 23.0 Å². The maximum Gasteiger partial charge on any atom is 0.203 e. The van der Waals surface area contributed by atoms with Gasteiger partial charge >= 0.3 is 0 Å². The van der Waals surface area contributed by atoms with Crippen LogP contribution in [0.15, 0.2) is 66.9 Å². The summed E-state index contributed by atoms with van der Waals surface area (Å²) in [5.74, 6) is -1.08. The number of allylic oxidation sites excluding steroid dienone is 1. The number of aromatic hydroxyl groups is 2. The van der Waals surface area contributed by atoms with Gasteiger partial charge in [0.25, 0.3) is 0 Å². The number of ketones is 1. The number of rotatable bonds is 8. The van der Waals surface area contributed by atoms with E-state index in [1.807, 2.05) is 36.4 Å². The molecule has 0 aromatic heterocycles. The van der Waals surface area contributed by atoms with Crippen LogP contribution < -0.4 is 14.8 Å². The lowest BCUT2D eigenvalue weighted by atomic mass is 10.1. The fraction of sp³-hybridized carbons (Fsp3) is 0.0800. The first kappa shape index (κ1) is 22.4. The molecule has 3 aromatic carbocycles. The van der Waals surface area contributed by atoms with Crippen molar-refractivity contribution in [3.05, 3.63) is 89.4 Å². The Kier molecular flexibility index (Phi) is 7.13. The van der Waals surface area contributed by atoms with E-state index in [9.17, 15) is 19.4 Å². The van der Waals surface area contributed by atoms with E-state index in [1.165, 1.54) is 32.6 Å². The van der Waals surface area contributed by atoms with Gasteiger partial charge in [0.1, 0.15) is 0 Å². The molecule has 7 heteroatoms. The quantitative estimate of drug-likeness (QED) is 0.255. The molecule has 0 amide bonds. The van der Waals surface area contributed by atoms with Gasteiger partial charge in [-0.25, -0.2) is 4.39 Å². The van der Waals surface area contributed by atoms with Gasteiger partial charge in [-0.05, 0) is 53.6 Å². The molecule has 0 saturated carbocycles. The highest BCUT2D eigenvalue weighted by Gasteiger charge is 2.10. The Labute approximate surface area is 184 Å². The molecule has 0 aliphatic carbocycles. The third-order valence-electron chi connectivity index (χ3n) is 4.55. The third kappa shape index (κ3) is 5.46. The van der Waals surface area contributed by atoms with Crippen molar-refractivity contribution in [2.24, 2.45) is 0 Å². The number of nitrogens with one attached hydrogen (secondary N) is 1. The van der Waals surface area contributed by atoms with Gasteiger partial charge in [-0.3, -0.25) is 4.79 Å². The van der Waals surface area contributed by atoms with Gasteiger partial charge in [0.05, 0.1) is 14.2 Å². The molecule has 164 valence electrons. The minimum Gasteiger partial charge on any atom is -0.505 e. The van der Waals surface area contributed by atoms with Crippen molar-refractivity contribution in [3.63, 3.8) is 0 Å². The summed E-state index contributed by atoms with van der Waals surface area (Å²) in [7, 11) is 2.95. The van der Waals surface area contributed by atoms with E-state index in [0.29, 0.717) is 5.75 Å². The van der Waals surface area contributed by atoms with E-state index in [2.05, 4.69) is 5.32 Å². The fourth-order valence-corrected chi connectivity index (χ4v) is 2.96. The van der Waals surface area contributed by atoms with Gasteiger partial charge in [0.2, 0.25) is 5.75 Å². The van der Waals surface area contributed by atoms with Gasteiger partial charge in [-0.15, -0.1) is 0 Å². The van der Waals surface area contributed by atoms with Crippen molar-refractivity contribution < 1.29 is 28.9 Å². The Morgan fingerprint density at radius 1 is 0.938 bits per heavy atom. The smallest absolute Gasteiger partial charge is 0.203 e. The number of carbonyl (C=O) groups excluding carboxylic acids is 1. The minimum atomic E-state index is -0.848. The van der Waals surface area contributed by atoms with Gasteiger partial charge in [0.15, 0.2) is 28.8 Å². The molecule has 0 saturated heterocycles. The van der Waals surface area contributed by atoms with Gasteiger partial charge < -0.3 is 25.0 Å². The summed E-state index contributed by atoms with van der Waals surface area (Å²) in [6.07, 6.45) is 6.42.